The van der Waals surface area contributed by atoms with E-state index in [2.05, 4.69) is 0 Å². The number of hydrogen-bond acceptors (Lipinski definition) is 9. The zero-order valence-electron chi connectivity index (χ0n) is 14.6. The van der Waals surface area contributed by atoms with E-state index < -0.39 is 52.8 Å². The number of rotatable bonds is 9. The zero-order chi connectivity index (χ0) is 19.5. The van der Waals surface area contributed by atoms with E-state index in [0.29, 0.717) is 0 Å². The molecule has 4 atom stereocenters. The Morgan fingerprint density at radius 1 is 1.00 bits per heavy atom. The summed E-state index contributed by atoms with van der Waals surface area (Å²) in [5.74, 6) is -4.89. The number of methoxy groups -OCH3 is 1. The van der Waals surface area contributed by atoms with Crippen LogP contribution in [0.4, 0.5) is 0 Å². The van der Waals surface area contributed by atoms with Gasteiger partial charge in [0.1, 0.15) is 11.2 Å². The zero-order valence-corrected chi connectivity index (χ0v) is 14.6. The number of aliphatic hydroxyl groups is 3. The van der Waals surface area contributed by atoms with Crippen LogP contribution in [-0.4, -0.2) is 75.3 Å². The van der Waals surface area contributed by atoms with Crippen molar-refractivity contribution < 1.29 is 44.0 Å². The number of carbonyl (C=O) groups is 4. The van der Waals surface area contributed by atoms with Crippen molar-refractivity contribution in [3.8, 4) is 0 Å². The summed E-state index contributed by atoms with van der Waals surface area (Å²) in [7, 11) is 1.22. The van der Waals surface area contributed by atoms with Crippen LogP contribution in [0.25, 0.3) is 0 Å². The number of esters is 1. The van der Waals surface area contributed by atoms with Gasteiger partial charge in [0.05, 0.1) is 6.61 Å². The van der Waals surface area contributed by atoms with Gasteiger partial charge in [-0.3, -0.25) is 19.2 Å². The van der Waals surface area contributed by atoms with Gasteiger partial charge in [0, 0.05) is 21.0 Å². The summed E-state index contributed by atoms with van der Waals surface area (Å²) >= 11 is 0. The lowest BCUT2D eigenvalue weighted by molar-refractivity contribution is -0.254. The summed E-state index contributed by atoms with van der Waals surface area (Å²) in [5.41, 5.74) is -8.65. The maximum Gasteiger partial charge on any atom is 0.303 e. The molecule has 0 aromatic heterocycles. The number of hydrogen-bond donors (Lipinski definition) is 3. The van der Waals surface area contributed by atoms with Crippen LogP contribution >= 0.6 is 0 Å². The van der Waals surface area contributed by atoms with Gasteiger partial charge >= 0.3 is 5.97 Å². The number of Topliss-reactive ketones (excluding diaryl/α,β-unsaturated/α-hetero) is 3. The van der Waals surface area contributed by atoms with E-state index in [1.54, 1.807) is 0 Å². The molecular formula is C15H24O9. The van der Waals surface area contributed by atoms with Crippen molar-refractivity contribution in [2.24, 2.45) is 0 Å². The molecule has 0 rings (SSSR count). The normalized spacial score (nSPS) is 20.0. The summed E-state index contributed by atoms with van der Waals surface area (Å²) in [4.78, 5) is 46.5. The lowest BCUT2D eigenvalue weighted by atomic mass is 9.66. The predicted molar refractivity (Wildman–Crippen MR) is 80.0 cm³/mol. The van der Waals surface area contributed by atoms with Gasteiger partial charge in [-0.05, 0) is 20.8 Å². The first kappa shape index (κ1) is 22.3. The minimum absolute atomic E-state index is 0.412. The molecule has 24 heavy (non-hydrogen) atoms. The van der Waals surface area contributed by atoms with Crippen molar-refractivity contribution in [3.05, 3.63) is 0 Å². The van der Waals surface area contributed by atoms with E-state index in [-0.39, 0.29) is 0 Å². The summed E-state index contributed by atoms with van der Waals surface area (Å²) < 4.78 is 9.67. The smallest absolute Gasteiger partial charge is 0.303 e. The molecule has 0 aromatic rings. The predicted octanol–water partition coefficient (Wildman–Crippen LogP) is -1.46. The highest BCUT2D eigenvalue weighted by molar-refractivity contribution is 6.44. The molecule has 0 radical (unpaired) electrons. The number of carbonyl (C=O) groups excluding carboxylic acids is 4. The van der Waals surface area contributed by atoms with Gasteiger partial charge < -0.3 is 24.8 Å². The molecule has 0 amide bonds. The lowest BCUT2D eigenvalue weighted by Gasteiger charge is -2.48. The molecule has 3 N–H and O–H groups in total. The quantitative estimate of drug-likeness (QED) is 0.258. The summed E-state index contributed by atoms with van der Waals surface area (Å²) in [6.07, 6.45) is -1.54. The molecule has 0 spiro atoms. The number of ether oxygens (including phenoxy) is 2. The molecule has 0 aliphatic carbocycles. The third kappa shape index (κ3) is 3.69. The van der Waals surface area contributed by atoms with E-state index in [4.69, 9.17) is 9.47 Å². The monoisotopic (exact) mass is 348 g/mol. The third-order valence-corrected chi connectivity index (χ3v) is 4.10. The van der Waals surface area contributed by atoms with Crippen LogP contribution in [0.1, 0.15) is 34.6 Å². The molecule has 0 saturated heterocycles. The Labute approximate surface area is 139 Å². The van der Waals surface area contributed by atoms with E-state index in [9.17, 15) is 34.5 Å². The van der Waals surface area contributed by atoms with Gasteiger partial charge in [-0.25, -0.2) is 0 Å². The fourth-order valence-corrected chi connectivity index (χ4v) is 2.32. The molecule has 0 heterocycles. The number of ketones is 3. The van der Waals surface area contributed by atoms with Crippen LogP contribution in [0.3, 0.4) is 0 Å². The highest BCUT2D eigenvalue weighted by Crippen LogP contribution is 2.38. The Morgan fingerprint density at radius 2 is 1.46 bits per heavy atom. The van der Waals surface area contributed by atoms with Gasteiger partial charge in [0.15, 0.2) is 17.7 Å². The molecule has 0 aliphatic rings. The fourth-order valence-electron chi connectivity index (χ4n) is 2.32. The third-order valence-electron chi connectivity index (χ3n) is 4.10. The highest BCUT2D eigenvalue weighted by Gasteiger charge is 2.67. The summed E-state index contributed by atoms with van der Waals surface area (Å²) in [6.45, 7) is 3.95. The minimum Gasteiger partial charge on any atom is -0.457 e. The topological polar surface area (TPSA) is 147 Å². The molecule has 9 heteroatoms. The van der Waals surface area contributed by atoms with Gasteiger partial charge in [-0.2, -0.15) is 0 Å². The van der Waals surface area contributed by atoms with Crippen molar-refractivity contribution >= 4 is 23.3 Å². The molecule has 0 saturated carbocycles. The second-order valence-corrected chi connectivity index (χ2v) is 5.93. The maximum absolute atomic E-state index is 12.1. The van der Waals surface area contributed by atoms with Crippen molar-refractivity contribution in [1.29, 1.82) is 0 Å². The Kier molecular flexibility index (Phi) is 6.95. The minimum atomic E-state index is -3.24. The Balaban J connectivity index is 6.27. The van der Waals surface area contributed by atoms with Gasteiger partial charge in [0.2, 0.25) is 11.4 Å². The molecule has 0 unspecified atom stereocenters. The largest absolute Gasteiger partial charge is 0.457 e. The molecular weight excluding hydrogens is 324 g/mol. The second kappa shape index (κ2) is 7.47. The second-order valence-electron chi connectivity index (χ2n) is 5.93. The lowest BCUT2D eigenvalue weighted by Crippen LogP contribution is -2.75. The van der Waals surface area contributed by atoms with Crippen molar-refractivity contribution in [2.45, 2.75) is 57.5 Å². The van der Waals surface area contributed by atoms with Gasteiger partial charge in [-0.15, -0.1) is 0 Å². The first-order chi connectivity index (χ1) is 10.7. The van der Waals surface area contributed by atoms with Crippen molar-refractivity contribution in [3.63, 3.8) is 0 Å². The SMILES string of the molecule is COC[C@@H](OC(C)=O)[C@@](C)(O)[C@](C)(O)[C@](O)(C(C)=O)C(=O)C(C)=O. The van der Waals surface area contributed by atoms with Crippen LogP contribution in [-0.2, 0) is 28.7 Å². The van der Waals surface area contributed by atoms with E-state index >= 15 is 0 Å². The van der Waals surface area contributed by atoms with Crippen LogP contribution < -0.4 is 0 Å². The summed E-state index contributed by atoms with van der Waals surface area (Å²) in [5, 5.41) is 32.0. The Bertz CT molecular complexity index is 535. The molecule has 0 fully saturated rings. The van der Waals surface area contributed by atoms with E-state index in [0.717, 1.165) is 34.6 Å². The molecule has 9 nitrogen and oxygen atoms in total. The molecule has 138 valence electrons. The van der Waals surface area contributed by atoms with E-state index in [1.165, 1.54) is 7.11 Å². The fraction of sp³-hybridized carbons (Fsp3) is 0.733. The van der Waals surface area contributed by atoms with Crippen LogP contribution in [0.2, 0.25) is 0 Å². The Hall–Kier alpha value is -1.68. The first-order valence-corrected chi connectivity index (χ1v) is 7.07. The van der Waals surface area contributed by atoms with Gasteiger partial charge in [0.25, 0.3) is 0 Å². The maximum atomic E-state index is 12.1. The van der Waals surface area contributed by atoms with Crippen LogP contribution in [0.15, 0.2) is 0 Å². The standard InChI is InChI=1S/C15H24O9/c1-8(16)12(19)15(22,9(2)17)14(5,21)13(4,20)11(7-23-6)24-10(3)18/h11,20-22H,7H2,1-6H3/t11-,13-,14+,15+/m1/s1. The van der Waals surface area contributed by atoms with E-state index in [1.807, 2.05) is 0 Å². The average molecular weight is 348 g/mol. The summed E-state index contributed by atoms with van der Waals surface area (Å²) in [6, 6.07) is 0. The molecule has 0 bridgehead atoms. The molecule has 0 aromatic carbocycles. The van der Waals surface area contributed by atoms with Crippen LogP contribution in [0, 0.1) is 0 Å². The van der Waals surface area contributed by atoms with Crippen molar-refractivity contribution in [2.75, 3.05) is 13.7 Å². The first-order valence-electron chi connectivity index (χ1n) is 7.07. The highest BCUT2D eigenvalue weighted by atomic mass is 16.6. The van der Waals surface area contributed by atoms with Gasteiger partial charge in [-0.1, -0.05) is 0 Å². The average Bonchev–Trinajstić information content (AvgIpc) is 2.43. The van der Waals surface area contributed by atoms with Crippen molar-refractivity contribution in [1.82, 2.24) is 0 Å². The molecule has 0 aliphatic heterocycles. The van der Waals surface area contributed by atoms with Crippen LogP contribution in [0.5, 0.6) is 0 Å². The Morgan fingerprint density at radius 3 is 1.75 bits per heavy atom.